The van der Waals surface area contributed by atoms with Crippen LogP contribution in [-0.4, -0.2) is 79.4 Å². The maximum atomic E-state index is 14.1. The number of anilines is 2. The molecule has 186 valence electrons. The predicted molar refractivity (Wildman–Crippen MR) is 133 cm³/mol. The Hall–Kier alpha value is -3.46. The molecule has 8 nitrogen and oxygen atoms in total. The van der Waals surface area contributed by atoms with Crippen molar-refractivity contribution < 1.29 is 18.8 Å². The number of nitrogens with one attached hydrogen (secondary N) is 2. The van der Waals surface area contributed by atoms with Gasteiger partial charge in [-0.25, -0.2) is 4.39 Å². The Morgan fingerprint density at radius 3 is 2.49 bits per heavy atom. The lowest BCUT2D eigenvalue weighted by molar-refractivity contribution is -0.145. The van der Waals surface area contributed by atoms with E-state index in [2.05, 4.69) is 10.6 Å². The molecule has 2 aliphatic rings. The number of nitrogens with zero attached hydrogens (tertiary/aromatic N) is 3. The highest BCUT2D eigenvalue weighted by molar-refractivity contribution is 5.97. The fraction of sp³-hybridized carbons (Fsp3) is 0.423. The molecule has 0 saturated carbocycles. The summed E-state index contributed by atoms with van der Waals surface area (Å²) in [4.78, 5) is 43.9. The second-order valence-electron chi connectivity index (χ2n) is 9.16. The molecular formula is C26H32FN5O3. The van der Waals surface area contributed by atoms with Gasteiger partial charge in [-0.15, -0.1) is 0 Å². The highest BCUT2D eigenvalue weighted by Crippen LogP contribution is 2.21. The zero-order chi connectivity index (χ0) is 24.9. The standard InChI is InChI=1S/C26H32FN5O3/c1-18-7-8-20(15-19(18)2)29-24(33)16-23-26(35)28-9-10-32(23)25(34)17-30-11-13-31(14-12-30)22-6-4-3-5-21(22)27/h3-8,15,23H,9-14,16-17H2,1-2H3,(H,28,35)(H,29,33)/t23-/m0/s1. The van der Waals surface area contributed by atoms with Crippen LogP contribution in [0.15, 0.2) is 42.5 Å². The number of carbonyl (C=O) groups excluding carboxylic acids is 3. The summed E-state index contributed by atoms with van der Waals surface area (Å²) in [6.45, 7) is 7.28. The molecule has 0 aromatic heterocycles. The molecule has 2 fully saturated rings. The number of rotatable bonds is 6. The van der Waals surface area contributed by atoms with Crippen LogP contribution in [0.25, 0.3) is 0 Å². The van der Waals surface area contributed by atoms with Crippen LogP contribution >= 0.6 is 0 Å². The van der Waals surface area contributed by atoms with Crippen molar-refractivity contribution in [2.45, 2.75) is 26.3 Å². The summed E-state index contributed by atoms with van der Waals surface area (Å²) in [6.07, 6.45) is -0.106. The minimum atomic E-state index is -0.845. The number of benzene rings is 2. The molecule has 2 aromatic carbocycles. The van der Waals surface area contributed by atoms with Crippen molar-refractivity contribution in [3.63, 3.8) is 0 Å². The van der Waals surface area contributed by atoms with Crippen molar-refractivity contribution in [3.05, 3.63) is 59.4 Å². The second kappa shape index (κ2) is 10.9. The van der Waals surface area contributed by atoms with Gasteiger partial charge < -0.3 is 20.4 Å². The summed E-state index contributed by atoms with van der Waals surface area (Å²) >= 11 is 0. The van der Waals surface area contributed by atoms with E-state index in [1.165, 1.54) is 11.0 Å². The van der Waals surface area contributed by atoms with Crippen LogP contribution in [0.1, 0.15) is 17.5 Å². The van der Waals surface area contributed by atoms with Crippen molar-refractivity contribution in [3.8, 4) is 0 Å². The number of para-hydroxylation sites is 1. The van der Waals surface area contributed by atoms with Gasteiger partial charge in [0.1, 0.15) is 11.9 Å². The second-order valence-corrected chi connectivity index (χ2v) is 9.16. The first kappa shape index (κ1) is 24.7. The van der Waals surface area contributed by atoms with Crippen LogP contribution in [0, 0.1) is 19.7 Å². The Labute approximate surface area is 205 Å². The maximum Gasteiger partial charge on any atom is 0.243 e. The Morgan fingerprint density at radius 1 is 1.03 bits per heavy atom. The molecule has 0 aliphatic carbocycles. The van der Waals surface area contributed by atoms with Gasteiger partial charge in [0.15, 0.2) is 0 Å². The highest BCUT2D eigenvalue weighted by Gasteiger charge is 2.35. The molecule has 9 heteroatoms. The summed E-state index contributed by atoms with van der Waals surface area (Å²) in [7, 11) is 0. The average Bonchev–Trinajstić information content (AvgIpc) is 2.83. The minimum Gasteiger partial charge on any atom is -0.367 e. The minimum absolute atomic E-state index is 0.106. The number of amides is 3. The molecule has 4 rings (SSSR count). The topological polar surface area (TPSA) is 85.0 Å². The molecular weight excluding hydrogens is 449 g/mol. The van der Waals surface area contributed by atoms with Gasteiger partial charge in [0, 0.05) is 45.0 Å². The third-order valence-corrected chi connectivity index (χ3v) is 6.74. The first-order chi connectivity index (χ1) is 16.8. The largest absolute Gasteiger partial charge is 0.367 e. The van der Waals surface area contributed by atoms with Crippen LogP contribution in [0.3, 0.4) is 0 Å². The van der Waals surface area contributed by atoms with Crippen molar-refractivity contribution >= 4 is 29.1 Å². The SMILES string of the molecule is Cc1ccc(NC(=O)C[C@H]2C(=O)NCCN2C(=O)CN2CCN(c3ccccc3F)CC2)cc1C. The fourth-order valence-corrected chi connectivity index (χ4v) is 4.56. The normalized spacial score (nSPS) is 18.8. The Kier molecular flexibility index (Phi) is 7.65. The van der Waals surface area contributed by atoms with E-state index in [-0.39, 0.29) is 36.5 Å². The number of aryl methyl sites for hydroxylation is 2. The lowest BCUT2D eigenvalue weighted by Gasteiger charge is -2.39. The van der Waals surface area contributed by atoms with Gasteiger partial charge >= 0.3 is 0 Å². The third kappa shape index (κ3) is 5.97. The molecule has 2 saturated heterocycles. The van der Waals surface area contributed by atoms with Gasteiger partial charge in [0.2, 0.25) is 17.7 Å². The van der Waals surface area contributed by atoms with Crippen molar-refractivity contribution in [2.75, 3.05) is 56.0 Å². The molecule has 2 heterocycles. The summed E-state index contributed by atoms with van der Waals surface area (Å²) in [5, 5.41) is 5.61. The quantitative estimate of drug-likeness (QED) is 0.659. The van der Waals surface area contributed by atoms with E-state index in [4.69, 9.17) is 0 Å². The Bertz CT molecular complexity index is 1100. The molecule has 35 heavy (non-hydrogen) atoms. The number of halogens is 1. The zero-order valence-corrected chi connectivity index (χ0v) is 20.2. The van der Waals surface area contributed by atoms with Crippen molar-refractivity contribution in [2.24, 2.45) is 0 Å². The smallest absolute Gasteiger partial charge is 0.243 e. The summed E-state index contributed by atoms with van der Waals surface area (Å²) in [5.41, 5.74) is 3.42. The first-order valence-corrected chi connectivity index (χ1v) is 12.0. The van der Waals surface area contributed by atoms with Crippen LogP contribution in [0.2, 0.25) is 0 Å². The van der Waals surface area contributed by atoms with Crippen LogP contribution in [0.4, 0.5) is 15.8 Å². The van der Waals surface area contributed by atoms with E-state index in [1.54, 1.807) is 12.1 Å². The molecule has 2 N–H and O–H groups in total. The summed E-state index contributed by atoms with van der Waals surface area (Å²) in [5.74, 6) is -1.06. The monoisotopic (exact) mass is 481 g/mol. The van der Waals surface area contributed by atoms with Gasteiger partial charge in [0.05, 0.1) is 18.7 Å². The average molecular weight is 482 g/mol. The predicted octanol–water partition coefficient (Wildman–Crippen LogP) is 1.92. The van der Waals surface area contributed by atoms with E-state index in [0.29, 0.717) is 50.6 Å². The van der Waals surface area contributed by atoms with Crippen LogP contribution in [-0.2, 0) is 14.4 Å². The van der Waals surface area contributed by atoms with E-state index in [1.807, 2.05) is 47.9 Å². The third-order valence-electron chi connectivity index (χ3n) is 6.74. The maximum absolute atomic E-state index is 14.1. The Balaban J connectivity index is 1.33. The van der Waals surface area contributed by atoms with Crippen LogP contribution in [0.5, 0.6) is 0 Å². The zero-order valence-electron chi connectivity index (χ0n) is 20.2. The highest BCUT2D eigenvalue weighted by atomic mass is 19.1. The van der Waals surface area contributed by atoms with Gasteiger partial charge in [-0.1, -0.05) is 18.2 Å². The molecule has 0 bridgehead atoms. The number of piperazine rings is 2. The van der Waals surface area contributed by atoms with Crippen molar-refractivity contribution in [1.29, 1.82) is 0 Å². The molecule has 0 unspecified atom stereocenters. The van der Waals surface area contributed by atoms with E-state index in [0.717, 1.165) is 11.1 Å². The van der Waals surface area contributed by atoms with Gasteiger partial charge in [-0.3, -0.25) is 19.3 Å². The van der Waals surface area contributed by atoms with Crippen LogP contribution < -0.4 is 15.5 Å². The number of hydrogen-bond donors (Lipinski definition) is 2. The first-order valence-electron chi connectivity index (χ1n) is 12.0. The molecule has 2 aromatic rings. The Morgan fingerprint density at radius 2 is 1.77 bits per heavy atom. The number of carbonyl (C=O) groups is 3. The summed E-state index contributed by atoms with van der Waals surface area (Å²) in [6, 6.07) is 11.5. The fourth-order valence-electron chi connectivity index (χ4n) is 4.56. The molecule has 2 aliphatic heterocycles. The van der Waals surface area contributed by atoms with E-state index >= 15 is 0 Å². The summed E-state index contributed by atoms with van der Waals surface area (Å²) < 4.78 is 14.1. The molecule has 3 amide bonds. The van der Waals surface area contributed by atoms with Crippen molar-refractivity contribution in [1.82, 2.24) is 15.1 Å². The van der Waals surface area contributed by atoms with Gasteiger partial charge in [0.25, 0.3) is 0 Å². The number of hydrogen-bond acceptors (Lipinski definition) is 5. The molecule has 1 atom stereocenters. The molecule has 0 radical (unpaired) electrons. The lowest BCUT2D eigenvalue weighted by atomic mass is 10.1. The van der Waals surface area contributed by atoms with Gasteiger partial charge in [-0.2, -0.15) is 0 Å². The van der Waals surface area contributed by atoms with Gasteiger partial charge in [-0.05, 0) is 49.2 Å². The van der Waals surface area contributed by atoms with E-state index < -0.39 is 6.04 Å². The van der Waals surface area contributed by atoms with E-state index in [9.17, 15) is 18.8 Å². The molecule has 0 spiro atoms. The lowest BCUT2D eigenvalue weighted by Crippen LogP contribution is -2.60.